The fourth-order valence-corrected chi connectivity index (χ4v) is 3.98. The van der Waals surface area contributed by atoms with Crippen LogP contribution in [0.2, 0.25) is 0 Å². The number of piperidine rings is 1. The van der Waals surface area contributed by atoms with E-state index in [2.05, 4.69) is 46.3 Å². The van der Waals surface area contributed by atoms with Crippen LogP contribution in [0.15, 0.2) is 4.47 Å². The van der Waals surface area contributed by atoms with Gasteiger partial charge in [-0.1, -0.05) is 26.7 Å². The molecule has 1 aliphatic heterocycles. The molecule has 4 heteroatoms. The van der Waals surface area contributed by atoms with Crippen molar-refractivity contribution in [2.45, 2.75) is 78.4 Å². The largest absolute Gasteiger partial charge is 0.295 e. The van der Waals surface area contributed by atoms with Crippen molar-refractivity contribution in [3.63, 3.8) is 0 Å². The monoisotopic (exact) mass is 341 g/mol. The van der Waals surface area contributed by atoms with Gasteiger partial charge in [-0.25, -0.2) is 0 Å². The summed E-state index contributed by atoms with van der Waals surface area (Å²) in [6, 6.07) is 0.769. The molecule has 0 bridgehead atoms. The van der Waals surface area contributed by atoms with Crippen LogP contribution in [-0.4, -0.2) is 27.3 Å². The lowest BCUT2D eigenvalue weighted by Crippen LogP contribution is -2.39. The topological polar surface area (TPSA) is 21.1 Å². The maximum Gasteiger partial charge on any atom is 0.0767 e. The molecule has 0 aliphatic carbocycles. The first-order valence-corrected chi connectivity index (χ1v) is 8.98. The minimum Gasteiger partial charge on any atom is -0.295 e. The second kappa shape index (κ2) is 7.60. The first-order valence-electron chi connectivity index (χ1n) is 8.19. The van der Waals surface area contributed by atoms with Gasteiger partial charge in [0.05, 0.1) is 15.9 Å². The highest BCUT2D eigenvalue weighted by molar-refractivity contribution is 9.10. The van der Waals surface area contributed by atoms with Gasteiger partial charge in [0.1, 0.15) is 0 Å². The van der Waals surface area contributed by atoms with Crippen molar-refractivity contribution < 1.29 is 0 Å². The lowest BCUT2D eigenvalue weighted by atomic mass is 9.98. The number of hydrogen-bond acceptors (Lipinski definition) is 2. The quantitative estimate of drug-likeness (QED) is 0.765. The van der Waals surface area contributed by atoms with Crippen molar-refractivity contribution in [2.24, 2.45) is 0 Å². The minimum atomic E-state index is 0.769. The van der Waals surface area contributed by atoms with Crippen LogP contribution in [0.3, 0.4) is 0 Å². The highest BCUT2D eigenvalue weighted by Gasteiger charge is 2.24. The Labute approximate surface area is 131 Å². The van der Waals surface area contributed by atoms with Gasteiger partial charge in [-0.3, -0.25) is 9.58 Å². The summed E-state index contributed by atoms with van der Waals surface area (Å²) in [5.74, 6) is 0. The fraction of sp³-hybridized carbons (Fsp3) is 0.812. The first-order chi connectivity index (χ1) is 9.71. The summed E-state index contributed by atoms with van der Waals surface area (Å²) in [4.78, 5) is 2.68. The maximum atomic E-state index is 4.73. The van der Waals surface area contributed by atoms with Crippen molar-refractivity contribution in [2.75, 3.05) is 6.54 Å². The molecule has 0 radical (unpaired) electrons. The van der Waals surface area contributed by atoms with Crippen LogP contribution in [0.1, 0.15) is 64.3 Å². The SMILES string of the molecule is CCCC1CCCCN1Cc1c(Br)c(CC)nn1CC. The highest BCUT2D eigenvalue weighted by atomic mass is 79.9. The van der Waals surface area contributed by atoms with Gasteiger partial charge in [0.25, 0.3) is 0 Å². The normalized spacial score (nSPS) is 20.5. The summed E-state index contributed by atoms with van der Waals surface area (Å²) in [6.07, 6.45) is 7.73. The van der Waals surface area contributed by atoms with Crippen LogP contribution in [-0.2, 0) is 19.5 Å². The Bertz CT molecular complexity index is 426. The van der Waals surface area contributed by atoms with E-state index in [0.717, 1.165) is 25.6 Å². The van der Waals surface area contributed by atoms with Gasteiger partial charge in [-0.2, -0.15) is 5.10 Å². The smallest absolute Gasteiger partial charge is 0.0767 e. The molecular formula is C16H28BrN3. The molecule has 0 saturated carbocycles. The lowest BCUT2D eigenvalue weighted by molar-refractivity contribution is 0.127. The van der Waals surface area contributed by atoms with E-state index in [1.165, 1.54) is 54.5 Å². The minimum absolute atomic E-state index is 0.769. The lowest BCUT2D eigenvalue weighted by Gasteiger charge is -2.35. The van der Waals surface area contributed by atoms with Gasteiger partial charge in [0.15, 0.2) is 0 Å². The number of likely N-dealkylation sites (tertiary alicyclic amines) is 1. The van der Waals surface area contributed by atoms with Gasteiger partial charge in [-0.05, 0) is 55.1 Å². The van der Waals surface area contributed by atoms with Crippen LogP contribution in [0, 0.1) is 0 Å². The Kier molecular flexibility index (Phi) is 6.09. The van der Waals surface area contributed by atoms with Gasteiger partial charge in [0.2, 0.25) is 0 Å². The van der Waals surface area contributed by atoms with Crippen molar-refractivity contribution in [1.82, 2.24) is 14.7 Å². The molecule has 114 valence electrons. The molecule has 2 rings (SSSR count). The highest BCUT2D eigenvalue weighted by Crippen LogP contribution is 2.28. The molecule has 1 atom stereocenters. The third-order valence-corrected chi connectivity index (χ3v) is 5.33. The summed E-state index contributed by atoms with van der Waals surface area (Å²) in [7, 11) is 0. The van der Waals surface area contributed by atoms with Crippen molar-refractivity contribution >= 4 is 15.9 Å². The number of hydrogen-bond donors (Lipinski definition) is 0. The summed E-state index contributed by atoms with van der Waals surface area (Å²) in [5, 5.41) is 4.73. The maximum absolute atomic E-state index is 4.73. The van der Waals surface area contributed by atoms with Crippen molar-refractivity contribution in [1.29, 1.82) is 0 Å². The zero-order valence-corrected chi connectivity index (χ0v) is 14.7. The van der Waals surface area contributed by atoms with Gasteiger partial charge in [-0.15, -0.1) is 0 Å². The van der Waals surface area contributed by atoms with E-state index < -0.39 is 0 Å². The summed E-state index contributed by atoms with van der Waals surface area (Å²) in [5.41, 5.74) is 2.57. The Morgan fingerprint density at radius 1 is 1.25 bits per heavy atom. The molecule has 2 heterocycles. The molecule has 0 aromatic carbocycles. The van der Waals surface area contributed by atoms with E-state index in [1.54, 1.807) is 0 Å². The molecular weight excluding hydrogens is 314 g/mol. The van der Waals surface area contributed by atoms with E-state index in [1.807, 2.05) is 0 Å². The molecule has 3 nitrogen and oxygen atoms in total. The zero-order valence-electron chi connectivity index (χ0n) is 13.2. The molecule has 1 aliphatic rings. The van der Waals surface area contributed by atoms with Crippen LogP contribution in [0.5, 0.6) is 0 Å². The van der Waals surface area contributed by atoms with Crippen LogP contribution >= 0.6 is 15.9 Å². The van der Waals surface area contributed by atoms with Crippen LogP contribution < -0.4 is 0 Å². The molecule has 1 unspecified atom stereocenters. The number of aromatic nitrogens is 2. The van der Waals surface area contributed by atoms with Gasteiger partial charge in [0, 0.05) is 19.1 Å². The molecule has 1 fully saturated rings. The second-order valence-electron chi connectivity index (χ2n) is 5.79. The molecule has 0 amide bonds. The predicted octanol–water partition coefficient (Wildman–Crippen LogP) is 4.38. The average Bonchev–Trinajstić information content (AvgIpc) is 2.77. The van der Waals surface area contributed by atoms with Crippen molar-refractivity contribution in [3.8, 4) is 0 Å². The second-order valence-corrected chi connectivity index (χ2v) is 6.58. The Hall–Kier alpha value is -0.350. The van der Waals surface area contributed by atoms with E-state index in [4.69, 9.17) is 5.10 Å². The molecule has 1 aromatic heterocycles. The average molecular weight is 342 g/mol. The Balaban J connectivity index is 2.17. The zero-order chi connectivity index (χ0) is 14.5. The standard InChI is InChI=1S/C16H28BrN3/c1-4-9-13-10-7-8-11-19(13)12-15-16(17)14(5-2)18-20(15)6-3/h13H,4-12H2,1-3H3. The first kappa shape index (κ1) is 16.0. The van der Waals surface area contributed by atoms with Gasteiger partial charge < -0.3 is 0 Å². The van der Waals surface area contributed by atoms with Crippen LogP contribution in [0.4, 0.5) is 0 Å². The number of rotatable bonds is 6. The van der Waals surface area contributed by atoms with Crippen LogP contribution in [0.25, 0.3) is 0 Å². The van der Waals surface area contributed by atoms with E-state index >= 15 is 0 Å². The van der Waals surface area contributed by atoms with Crippen molar-refractivity contribution in [3.05, 3.63) is 15.9 Å². The Morgan fingerprint density at radius 2 is 2.05 bits per heavy atom. The van der Waals surface area contributed by atoms with Gasteiger partial charge >= 0.3 is 0 Å². The molecule has 0 spiro atoms. The summed E-state index contributed by atoms with van der Waals surface area (Å²) in [6.45, 7) is 9.91. The summed E-state index contributed by atoms with van der Waals surface area (Å²) < 4.78 is 3.42. The number of nitrogens with zero attached hydrogens (tertiary/aromatic N) is 3. The summed E-state index contributed by atoms with van der Waals surface area (Å²) >= 11 is 3.78. The van der Waals surface area contributed by atoms with E-state index in [-0.39, 0.29) is 0 Å². The molecule has 1 saturated heterocycles. The number of halogens is 1. The predicted molar refractivity (Wildman–Crippen MR) is 87.9 cm³/mol. The third-order valence-electron chi connectivity index (χ3n) is 4.42. The molecule has 1 aromatic rings. The fourth-order valence-electron chi connectivity index (χ4n) is 3.29. The molecule has 0 N–H and O–H groups in total. The number of aryl methyl sites for hydroxylation is 2. The third kappa shape index (κ3) is 3.45. The van der Waals surface area contributed by atoms with E-state index in [0.29, 0.717) is 0 Å². The molecule has 20 heavy (non-hydrogen) atoms. The Morgan fingerprint density at radius 3 is 2.70 bits per heavy atom. The van der Waals surface area contributed by atoms with E-state index in [9.17, 15) is 0 Å².